The third-order valence-corrected chi connectivity index (χ3v) is 3.47. The number of hydrogen-bond donors (Lipinski definition) is 1. The second kappa shape index (κ2) is 6.54. The van der Waals surface area contributed by atoms with Crippen molar-refractivity contribution in [1.29, 1.82) is 0 Å². The maximum Gasteiger partial charge on any atom is 0.251 e. The lowest BCUT2D eigenvalue weighted by Gasteiger charge is -2.14. The van der Waals surface area contributed by atoms with Crippen molar-refractivity contribution in [1.82, 2.24) is 9.88 Å². The molecule has 5 heteroatoms. The van der Waals surface area contributed by atoms with Gasteiger partial charge in [0.1, 0.15) is 6.54 Å². The molecular formula is C16H20N2O3. The summed E-state index contributed by atoms with van der Waals surface area (Å²) in [6, 6.07) is 7.44. The summed E-state index contributed by atoms with van der Waals surface area (Å²) < 4.78 is 6.42. The van der Waals surface area contributed by atoms with Crippen molar-refractivity contribution in [3.05, 3.63) is 45.7 Å². The Bertz CT molecular complexity index is 719. The molecule has 0 aliphatic heterocycles. The topological polar surface area (TPSA) is 60.3 Å². The van der Waals surface area contributed by atoms with Gasteiger partial charge in [-0.1, -0.05) is 18.2 Å². The standard InChI is InChI=1S/C16H20N2O3/c1-11-5-4-6-13-12(2)9-15(20)18(16(11)13)10-14(19)17-7-8-21-3/h4-6,9H,7-8,10H2,1-3H3,(H,17,19). The minimum absolute atomic E-state index is 0.0180. The smallest absolute Gasteiger partial charge is 0.251 e. The van der Waals surface area contributed by atoms with Gasteiger partial charge in [-0.05, 0) is 25.0 Å². The molecule has 0 atom stereocenters. The van der Waals surface area contributed by atoms with Crippen LogP contribution in [0.5, 0.6) is 0 Å². The van der Waals surface area contributed by atoms with E-state index in [0.717, 1.165) is 22.0 Å². The van der Waals surface area contributed by atoms with Crippen LogP contribution in [0.25, 0.3) is 10.9 Å². The summed E-state index contributed by atoms with van der Waals surface area (Å²) in [7, 11) is 1.58. The summed E-state index contributed by atoms with van der Waals surface area (Å²) in [5, 5.41) is 3.73. The van der Waals surface area contributed by atoms with E-state index < -0.39 is 0 Å². The fourth-order valence-corrected chi connectivity index (χ4v) is 2.44. The van der Waals surface area contributed by atoms with Crippen molar-refractivity contribution < 1.29 is 9.53 Å². The molecule has 1 N–H and O–H groups in total. The first-order valence-electron chi connectivity index (χ1n) is 6.90. The van der Waals surface area contributed by atoms with E-state index >= 15 is 0 Å². The molecule has 0 aliphatic rings. The van der Waals surface area contributed by atoms with Crippen LogP contribution in [0.3, 0.4) is 0 Å². The minimum atomic E-state index is -0.192. The van der Waals surface area contributed by atoms with Crippen molar-refractivity contribution in [2.75, 3.05) is 20.3 Å². The van der Waals surface area contributed by atoms with Gasteiger partial charge in [0.25, 0.3) is 5.56 Å². The van der Waals surface area contributed by atoms with E-state index in [2.05, 4.69) is 5.32 Å². The highest BCUT2D eigenvalue weighted by Gasteiger charge is 2.11. The summed E-state index contributed by atoms with van der Waals surface area (Å²) in [6.07, 6.45) is 0. The van der Waals surface area contributed by atoms with E-state index in [0.29, 0.717) is 13.2 Å². The van der Waals surface area contributed by atoms with Gasteiger partial charge < -0.3 is 10.1 Å². The van der Waals surface area contributed by atoms with Gasteiger partial charge in [-0.25, -0.2) is 0 Å². The van der Waals surface area contributed by atoms with Crippen LogP contribution in [-0.4, -0.2) is 30.7 Å². The quantitative estimate of drug-likeness (QED) is 0.846. The lowest BCUT2D eigenvalue weighted by molar-refractivity contribution is -0.121. The van der Waals surface area contributed by atoms with Gasteiger partial charge >= 0.3 is 0 Å². The second-order valence-corrected chi connectivity index (χ2v) is 5.07. The van der Waals surface area contributed by atoms with Crippen molar-refractivity contribution in [2.45, 2.75) is 20.4 Å². The van der Waals surface area contributed by atoms with Crippen LogP contribution in [0.2, 0.25) is 0 Å². The number of rotatable bonds is 5. The molecule has 2 aromatic rings. The zero-order valence-electron chi connectivity index (χ0n) is 12.6. The normalized spacial score (nSPS) is 10.8. The number of carbonyl (C=O) groups excluding carboxylic acids is 1. The number of aryl methyl sites for hydroxylation is 2. The summed E-state index contributed by atoms with van der Waals surface area (Å²) in [6.45, 7) is 4.76. The van der Waals surface area contributed by atoms with Crippen LogP contribution in [-0.2, 0) is 16.1 Å². The number of pyridine rings is 1. The monoisotopic (exact) mass is 288 g/mol. The molecule has 1 amide bonds. The first-order valence-corrected chi connectivity index (χ1v) is 6.90. The second-order valence-electron chi connectivity index (χ2n) is 5.07. The van der Waals surface area contributed by atoms with Crippen LogP contribution >= 0.6 is 0 Å². The van der Waals surface area contributed by atoms with Gasteiger partial charge in [0.05, 0.1) is 12.1 Å². The molecule has 0 spiro atoms. The van der Waals surface area contributed by atoms with Crippen LogP contribution in [0.15, 0.2) is 29.1 Å². The van der Waals surface area contributed by atoms with Crippen LogP contribution in [0, 0.1) is 13.8 Å². The van der Waals surface area contributed by atoms with Crippen molar-refractivity contribution in [3.8, 4) is 0 Å². The molecule has 0 aliphatic carbocycles. The van der Waals surface area contributed by atoms with Crippen molar-refractivity contribution in [2.24, 2.45) is 0 Å². The first kappa shape index (κ1) is 15.3. The molecule has 0 saturated carbocycles. The fourth-order valence-electron chi connectivity index (χ4n) is 2.44. The molecule has 1 aromatic heterocycles. The van der Waals surface area contributed by atoms with E-state index in [1.807, 2.05) is 32.0 Å². The zero-order chi connectivity index (χ0) is 15.4. The van der Waals surface area contributed by atoms with E-state index in [4.69, 9.17) is 4.74 Å². The Morgan fingerprint density at radius 2 is 2.05 bits per heavy atom. The Morgan fingerprint density at radius 1 is 1.29 bits per heavy atom. The molecule has 0 radical (unpaired) electrons. The number of ether oxygens (including phenoxy) is 1. The number of methoxy groups -OCH3 is 1. The number of amides is 1. The number of nitrogens with one attached hydrogen (secondary N) is 1. The Morgan fingerprint density at radius 3 is 2.76 bits per heavy atom. The molecular weight excluding hydrogens is 268 g/mol. The Hall–Kier alpha value is -2.14. The van der Waals surface area contributed by atoms with Gasteiger partial charge in [0.2, 0.25) is 5.91 Å². The molecule has 0 fully saturated rings. The molecule has 2 rings (SSSR count). The Balaban J connectivity index is 2.40. The largest absolute Gasteiger partial charge is 0.383 e. The number of benzene rings is 1. The highest BCUT2D eigenvalue weighted by atomic mass is 16.5. The maximum atomic E-state index is 12.2. The van der Waals surface area contributed by atoms with Crippen LogP contribution in [0.4, 0.5) is 0 Å². The minimum Gasteiger partial charge on any atom is -0.383 e. The van der Waals surface area contributed by atoms with Gasteiger partial charge in [-0.15, -0.1) is 0 Å². The predicted molar refractivity (Wildman–Crippen MR) is 82.6 cm³/mol. The number of hydrogen-bond acceptors (Lipinski definition) is 3. The summed E-state index contributed by atoms with van der Waals surface area (Å²) in [4.78, 5) is 24.2. The van der Waals surface area contributed by atoms with Crippen LogP contribution in [0.1, 0.15) is 11.1 Å². The van der Waals surface area contributed by atoms with Gasteiger partial charge in [0, 0.05) is 25.1 Å². The zero-order valence-corrected chi connectivity index (χ0v) is 12.6. The molecule has 1 heterocycles. The molecule has 0 unspecified atom stereocenters. The van der Waals surface area contributed by atoms with E-state index in [-0.39, 0.29) is 18.0 Å². The molecule has 0 bridgehead atoms. The molecule has 5 nitrogen and oxygen atoms in total. The third kappa shape index (κ3) is 3.31. The van der Waals surface area contributed by atoms with Crippen molar-refractivity contribution in [3.63, 3.8) is 0 Å². The van der Waals surface area contributed by atoms with E-state index in [1.165, 1.54) is 4.57 Å². The molecule has 112 valence electrons. The molecule has 1 aromatic carbocycles. The highest BCUT2D eigenvalue weighted by molar-refractivity contribution is 5.86. The number of fused-ring (bicyclic) bond motifs is 1. The maximum absolute atomic E-state index is 12.2. The summed E-state index contributed by atoms with van der Waals surface area (Å²) in [5.74, 6) is -0.192. The van der Waals surface area contributed by atoms with Gasteiger partial charge in [-0.2, -0.15) is 0 Å². The summed E-state index contributed by atoms with van der Waals surface area (Å²) in [5.41, 5.74) is 2.58. The SMILES string of the molecule is COCCNC(=O)Cn1c(=O)cc(C)c2cccc(C)c21. The lowest BCUT2D eigenvalue weighted by Crippen LogP contribution is -2.34. The van der Waals surface area contributed by atoms with E-state index in [9.17, 15) is 9.59 Å². The predicted octanol–water partition coefficient (Wildman–Crippen LogP) is 1.38. The van der Waals surface area contributed by atoms with Gasteiger partial charge in [0.15, 0.2) is 0 Å². The number of carbonyl (C=O) groups is 1. The molecule has 21 heavy (non-hydrogen) atoms. The Labute approximate surface area is 123 Å². The Kier molecular flexibility index (Phi) is 4.75. The average Bonchev–Trinajstić information content (AvgIpc) is 2.44. The highest BCUT2D eigenvalue weighted by Crippen LogP contribution is 2.19. The van der Waals surface area contributed by atoms with Gasteiger partial charge in [-0.3, -0.25) is 14.2 Å². The number of para-hydroxylation sites is 1. The third-order valence-electron chi connectivity index (χ3n) is 3.47. The van der Waals surface area contributed by atoms with Crippen LogP contribution < -0.4 is 10.9 Å². The molecule has 0 saturated heterocycles. The fraction of sp³-hybridized carbons (Fsp3) is 0.375. The first-order chi connectivity index (χ1) is 10.0. The lowest BCUT2D eigenvalue weighted by atomic mass is 10.1. The number of aromatic nitrogens is 1. The average molecular weight is 288 g/mol. The summed E-state index contributed by atoms with van der Waals surface area (Å²) >= 11 is 0. The van der Waals surface area contributed by atoms with Crippen molar-refractivity contribution >= 4 is 16.8 Å². The van der Waals surface area contributed by atoms with E-state index in [1.54, 1.807) is 13.2 Å². The number of nitrogens with zero attached hydrogens (tertiary/aromatic N) is 1.